The molecule has 1 N–H and O–H groups in total. The molecule has 2 atom stereocenters. The van der Waals surface area contributed by atoms with Crippen molar-refractivity contribution in [3.63, 3.8) is 0 Å². The molecule has 2 nitrogen and oxygen atoms in total. The minimum Gasteiger partial charge on any atom is -0.481 e. The SMILES string of the molecule is CCCCCCCCCCCCCCCC(C)CC(C)C(=O)O. The van der Waals surface area contributed by atoms with Crippen molar-refractivity contribution in [2.24, 2.45) is 11.8 Å². The summed E-state index contributed by atoms with van der Waals surface area (Å²) in [6.45, 7) is 6.29. The molecule has 0 bridgehead atoms. The molecule has 0 aromatic heterocycles. The predicted octanol–water partition coefficient (Wildman–Crippen LogP) is 7.21. The largest absolute Gasteiger partial charge is 0.481 e. The molecule has 2 heteroatoms. The van der Waals surface area contributed by atoms with Gasteiger partial charge in [0.25, 0.3) is 0 Å². The van der Waals surface area contributed by atoms with Gasteiger partial charge in [0.15, 0.2) is 0 Å². The maximum Gasteiger partial charge on any atom is 0.306 e. The Labute approximate surface area is 145 Å². The molecule has 0 saturated heterocycles. The topological polar surface area (TPSA) is 37.3 Å². The molecule has 0 aromatic rings. The number of carboxylic acids is 1. The number of rotatable bonds is 17. The van der Waals surface area contributed by atoms with Crippen LogP contribution in [0.1, 0.15) is 117 Å². The Kier molecular flexibility index (Phi) is 16.0. The van der Waals surface area contributed by atoms with Gasteiger partial charge in [-0.1, -0.05) is 111 Å². The van der Waals surface area contributed by atoms with E-state index in [9.17, 15) is 4.79 Å². The van der Waals surface area contributed by atoms with E-state index in [0.29, 0.717) is 5.92 Å². The van der Waals surface area contributed by atoms with Crippen molar-refractivity contribution in [3.8, 4) is 0 Å². The van der Waals surface area contributed by atoms with Crippen LogP contribution in [0, 0.1) is 11.8 Å². The molecular weight excluding hydrogens is 284 g/mol. The van der Waals surface area contributed by atoms with E-state index in [1.165, 1.54) is 89.9 Å². The van der Waals surface area contributed by atoms with Gasteiger partial charge in [0.2, 0.25) is 0 Å². The van der Waals surface area contributed by atoms with Crippen molar-refractivity contribution in [2.75, 3.05) is 0 Å². The van der Waals surface area contributed by atoms with Gasteiger partial charge in [-0.25, -0.2) is 0 Å². The number of hydrogen-bond donors (Lipinski definition) is 1. The summed E-state index contributed by atoms with van der Waals surface area (Å²) in [5, 5.41) is 8.92. The number of hydrogen-bond acceptors (Lipinski definition) is 1. The van der Waals surface area contributed by atoms with Crippen molar-refractivity contribution >= 4 is 5.97 Å². The summed E-state index contributed by atoms with van der Waals surface area (Å²) >= 11 is 0. The Bertz CT molecular complexity index is 263. The summed E-state index contributed by atoms with van der Waals surface area (Å²) in [5.41, 5.74) is 0. The predicted molar refractivity (Wildman–Crippen MR) is 101 cm³/mol. The first-order valence-corrected chi connectivity index (χ1v) is 10.3. The summed E-state index contributed by atoms with van der Waals surface area (Å²) < 4.78 is 0. The molecule has 0 aliphatic rings. The van der Waals surface area contributed by atoms with Gasteiger partial charge in [0.1, 0.15) is 0 Å². The highest BCUT2D eigenvalue weighted by Crippen LogP contribution is 2.19. The third kappa shape index (κ3) is 16.1. The Hall–Kier alpha value is -0.530. The monoisotopic (exact) mass is 326 g/mol. The molecule has 0 aromatic carbocycles. The van der Waals surface area contributed by atoms with Crippen LogP contribution in [-0.4, -0.2) is 11.1 Å². The van der Waals surface area contributed by atoms with Crippen LogP contribution >= 0.6 is 0 Å². The molecule has 0 rings (SSSR count). The lowest BCUT2D eigenvalue weighted by atomic mass is 9.92. The van der Waals surface area contributed by atoms with E-state index in [-0.39, 0.29) is 5.92 Å². The van der Waals surface area contributed by atoms with Crippen molar-refractivity contribution in [2.45, 2.75) is 117 Å². The van der Waals surface area contributed by atoms with Crippen LogP contribution in [0.4, 0.5) is 0 Å². The van der Waals surface area contributed by atoms with Crippen LogP contribution in [0.3, 0.4) is 0 Å². The molecule has 0 aliphatic heterocycles. The van der Waals surface area contributed by atoms with E-state index in [0.717, 1.165) is 6.42 Å². The van der Waals surface area contributed by atoms with Gasteiger partial charge in [-0.3, -0.25) is 4.79 Å². The molecule has 23 heavy (non-hydrogen) atoms. The van der Waals surface area contributed by atoms with Gasteiger partial charge in [0, 0.05) is 0 Å². The fourth-order valence-electron chi connectivity index (χ4n) is 3.33. The molecule has 0 saturated carbocycles. The van der Waals surface area contributed by atoms with E-state index in [1.54, 1.807) is 0 Å². The van der Waals surface area contributed by atoms with Gasteiger partial charge >= 0.3 is 5.97 Å². The molecule has 0 amide bonds. The molecule has 0 aliphatic carbocycles. The normalized spacial score (nSPS) is 13.9. The zero-order valence-electron chi connectivity index (χ0n) is 16.1. The highest BCUT2D eigenvalue weighted by Gasteiger charge is 2.14. The first-order chi connectivity index (χ1) is 11.1. The van der Waals surface area contributed by atoms with E-state index < -0.39 is 5.97 Å². The minimum absolute atomic E-state index is 0.188. The molecule has 138 valence electrons. The summed E-state index contributed by atoms with van der Waals surface area (Å²) in [5.74, 6) is -0.289. The Balaban J connectivity index is 3.20. The van der Waals surface area contributed by atoms with Crippen molar-refractivity contribution < 1.29 is 9.90 Å². The molecule has 0 spiro atoms. The maximum atomic E-state index is 10.8. The maximum absolute atomic E-state index is 10.8. The zero-order chi connectivity index (χ0) is 17.3. The fourth-order valence-corrected chi connectivity index (χ4v) is 3.33. The average molecular weight is 327 g/mol. The number of unbranched alkanes of at least 4 members (excludes halogenated alkanes) is 12. The molecule has 2 unspecified atom stereocenters. The van der Waals surface area contributed by atoms with Gasteiger partial charge < -0.3 is 5.11 Å². The Morgan fingerprint density at radius 1 is 0.739 bits per heavy atom. The zero-order valence-corrected chi connectivity index (χ0v) is 16.1. The summed E-state index contributed by atoms with van der Waals surface area (Å²) in [4.78, 5) is 10.8. The van der Waals surface area contributed by atoms with E-state index in [2.05, 4.69) is 13.8 Å². The molecule has 0 radical (unpaired) electrons. The Morgan fingerprint density at radius 3 is 1.52 bits per heavy atom. The van der Waals surface area contributed by atoms with Crippen molar-refractivity contribution in [1.82, 2.24) is 0 Å². The van der Waals surface area contributed by atoms with Gasteiger partial charge in [-0.2, -0.15) is 0 Å². The highest BCUT2D eigenvalue weighted by molar-refractivity contribution is 5.69. The average Bonchev–Trinajstić information content (AvgIpc) is 2.51. The summed E-state index contributed by atoms with van der Waals surface area (Å²) in [6, 6.07) is 0. The van der Waals surface area contributed by atoms with E-state index >= 15 is 0 Å². The third-order valence-corrected chi connectivity index (χ3v) is 4.98. The Morgan fingerprint density at radius 2 is 1.13 bits per heavy atom. The van der Waals surface area contributed by atoms with Crippen LogP contribution in [0.15, 0.2) is 0 Å². The lowest BCUT2D eigenvalue weighted by molar-refractivity contribution is -0.141. The van der Waals surface area contributed by atoms with E-state index in [1.807, 2.05) is 6.92 Å². The summed E-state index contributed by atoms with van der Waals surface area (Å²) in [6.07, 6.45) is 20.1. The standard InChI is InChI=1S/C21H42O2/c1-4-5-6-7-8-9-10-11-12-13-14-15-16-17-19(2)18-20(3)21(22)23/h19-20H,4-18H2,1-3H3,(H,22,23). The minimum atomic E-state index is -0.651. The number of carbonyl (C=O) groups is 1. The summed E-state index contributed by atoms with van der Waals surface area (Å²) in [7, 11) is 0. The number of carboxylic acid groups (broad SMARTS) is 1. The second-order valence-electron chi connectivity index (χ2n) is 7.61. The first-order valence-electron chi connectivity index (χ1n) is 10.3. The molecule has 0 fully saturated rings. The van der Waals surface area contributed by atoms with Gasteiger partial charge in [-0.05, 0) is 12.3 Å². The van der Waals surface area contributed by atoms with Gasteiger partial charge in [0.05, 0.1) is 5.92 Å². The van der Waals surface area contributed by atoms with Crippen LogP contribution in [0.5, 0.6) is 0 Å². The smallest absolute Gasteiger partial charge is 0.306 e. The van der Waals surface area contributed by atoms with Crippen LogP contribution in [0.2, 0.25) is 0 Å². The molecule has 0 heterocycles. The second kappa shape index (κ2) is 16.3. The molecular formula is C21H42O2. The number of aliphatic carboxylic acids is 1. The van der Waals surface area contributed by atoms with Crippen LogP contribution < -0.4 is 0 Å². The quantitative estimate of drug-likeness (QED) is 0.287. The van der Waals surface area contributed by atoms with E-state index in [4.69, 9.17) is 5.11 Å². The second-order valence-corrected chi connectivity index (χ2v) is 7.61. The lowest BCUT2D eigenvalue weighted by Gasteiger charge is -2.13. The van der Waals surface area contributed by atoms with Crippen molar-refractivity contribution in [1.29, 1.82) is 0 Å². The van der Waals surface area contributed by atoms with Gasteiger partial charge in [-0.15, -0.1) is 0 Å². The third-order valence-electron chi connectivity index (χ3n) is 4.98. The lowest BCUT2D eigenvalue weighted by Crippen LogP contribution is -2.13. The first kappa shape index (κ1) is 22.5. The van der Waals surface area contributed by atoms with Crippen molar-refractivity contribution in [3.05, 3.63) is 0 Å². The fraction of sp³-hybridized carbons (Fsp3) is 0.952. The van der Waals surface area contributed by atoms with Crippen LogP contribution in [-0.2, 0) is 4.79 Å². The highest BCUT2D eigenvalue weighted by atomic mass is 16.4. The van der Waals surface area contributed by atoms with Crippen LogP contribution in [0.25, 0.3) is 0 Å².